The van der Waals surface area contributed by atoms with Crippen molar-refractivity contribution >= 4 is 101 Å². The van der Waals surface area contributed by atoms with Gasteiger partial charge >= 0.3 is 0 Å². The summed E-state index contributed by atoms with van der Waals surface area (Å²) in [5, 5.41) is 10.1. The van der Waals surface area contributed by atoms with Crippen LogP contribution < -0.4 is 19.6 Å². The summed E-state index contributed by atoms with van der Waals surface area (Å²) in [4.78, 5) is 10.0. The summed E-state index contributed by atoms with van der Waals surface area (Å²) in [5.74, 6) is 0. The van der Waals surface area contributed by atoms with Crippen molar-refractivity contribution in [3.05, 3.63) is 347 Å². The summed E-state index contributed by atoms with van der Waals surface area (Å²) in [5.41, 5.74) is 24.0. The first-order valence-electron chi connectivity index (χ1n) is 30.7. The summed E-state index contributed by atoms with van der Waals surface area (Å²) >= 11 is 0. The summed E-state index contributed by atoms with van der Waals surface area (Å²) in [7, 11) is 0. The average Bonchev–Trinajstić information content (AvgIpc) is 1.78. The molecule has 0 aromatic heterocycles. The largest absolute Gasteiger partial charge is 0.314 e. The van der Waals surface area contributed by atoms with Crippen molar-refractivity contribution in [1.82, 2.24) is 0 Å². The van der Waals surface area contributed by atoms with E-state index in [2.05, 4.69) is 323 Å². The molecule has 0 spiro atoms. The molecule has 0 saturated carbocycles. The molecule has 13 aromatic carbocycles. The van der Waals surface area contributed by atoms with Crippen LogP contribution in [0.25, 0.3) is 66.4 Å². The molecule has 3 aliphatic carbocycles. The van der Waals surface area contributed by atoms with Gasteiger partial charge in [-0.05, 0) is 193 Å². The molecule has 0 saturated heterocycles. The lowest BCUT2D eigenvalue weighted by Gasteiger charge is -2.45. The molecule has 4 heteroatoms. The predicted molar refractivity (Wildman–Crippen MR) is 365 cm³/mol. The fourth-order valence-electron chi connectivity index (χ4n) is 15.6. The highest BCUT2D eigenvalue weighted by Crippen LogP contribution is 2.59. The Morgan fingerprint density at radius 2 is 0.782 bits per heavy atom. The number of anilines is 8. The predicted octanol–water partition coefficient (Wildman–Crippen LogP) is 22.0. The van der Waals surface area contributed by atoms with Crippen LogP contribution in [-0.4, -0.2) is 0 Å². The molecule has 0 radical (unpaired) electrons. The SMILES string of the molecule is C1=CC2=C(CC1)N(c1ccc3c(c1)C(c1ccccc1)(c1ccccc1)c1cc(/C=C/c4ccc5c6cccc7c(N8c9ccccc9N(c9ccccc9)c9ccccc98)ccc(c8cccc4c58)c76)ccc1-3)C1=C(C=CCC1)N2c1ccccc1. The molecular formula is C83H58N4. The van der Waals surface area contributed by atoms with Gasteiger partial charge in [-0.1, -0.05) is 218 Å². The van der Waals surface area contributed by atoms with Gasteiger partial charge in [0.05, 0.1) is 45.2 Å². The smallest absolute Gasteiger partial charge is 0.0714 e. The first-order valence-corrected chi connectivity index (χ1v) is 30.7. The Hall–Kier alpha value is -10.9. The third kappa shape index (κ3) is 7.31. The zero-order chi connectivity index (χ0) is 57.2. The lowest BCUT2D eigenvalue weighted by Crippen LogP contribution is -2.38. The fourth-order valence-corrected chi connectivity index (χ4v) is 15.6. The fraction of sp³-hybridized carbons (Fsp3) is 0.0602. The van der Waals surface area contributed by atoms with Crippen LogP contribution in [0.1, 0.15) is 59.1 Å². The minimum atomic E-state index is -0.593. The maximum absolute atomic E-state index is 2.64. The molecule has 0 amide bonds. The van der Waals surface area contributed by atoms with Crippen molar-refractivity contribution < 1.29 is 0 Å². The number of rotatable bonds is 8. The van der Waals surface area contributed by atoms with E-state index < -0.39 is 5.41 Å². The van der Waals surface area contributed by atoms with Crippen molar-refractivity contribution in [2.75, 3.05) is 19.6 Å². The molecule has 0 unspecified atom stereocenters. The van der Waals surface area contributed by atoms with Crippen molar-refractivity contribution in [1.29, 1.82) is 0 Å². The maximum atomic E-state index is 2.64. The molecule has 2 aliphatic heterocycles. The van der Waals surface area contributed by atoms with E-state index >= 15 is 0 Å². The van der Waals surface area contributed by atoms with Gasteiger partial charge in [-0.25, -0.2) is 0 Å². The quantitative estimate of drug-likeness (QED) is 0.0854. The third-order valence-electron chi connectivity index (χ3n) is 19.2. The van der Waals surface area contributed by atoms with Gasteiger partial charge in [-0.15, -0.1) is 0 Å². The van der Waals surface area contributed by atoms with Crippen molar-refractivity contribution in [3.63, 3.8) is 0 Å². The van der Waals surface area contributed by atoms with E-state index in [4.69, 9.17) is 0 Å². The summed E-state index contributed by atoms with van der Waals surface area (Å²) in [6.45, 7) is 0. The second-order valence-electron chi connectivity index (χ2n) is 23.7. The Morgan fingerprint density at radius 3 is 1.38 bits per heavy atom. The number of para-hydroxylation sites is 6. The first kappa shape index (κ1) is 49.5. The van der Waals surface area contributed by atoms with E-state index in [1.165, 1.54) is 127 Å². The molecule has 5 aliphatic rings. The molecule has 0 N–H and O–H groups in total. The lowest BCUT2D eigenvalue weighted by molar-refractivity contribution is 0.759. The molecule has 0 fully saturated rings. The Labute approximate surface area is 507 Å². The average molecular weight is 1110 g/mol. The number of hydrogen-bond donors (Lipinski definition) is 0. The highest BCUT2D eigenvalue weighted by molar-refractivity contribution is 6.35. The van der Waals surface area contributed by atoms with Gasteiger partial charge in [0.15, 0.2) is 0 Å². The van der Waals surface area contributed by atoms with Crippen molar-refractivity contribution in [2.45, 2.75) is 31.1 Å². The molecule has 0 atom stereocenters. The maximum Gasteiger partial charge on any atom is 0.0714 e. The van der Waals surface area contributed by atoms with Crippen LogP contribution in [0.4, 0.5) is 45.5 Å². The molecule has 87 heavy (non-hydrogen) atoms. The van der Waals surface area contributed by atoms with Gasteiger partial charge in [0, 0.05) is 33.8 Å². The van der Waals surface area contributed by atoms with Crippen LogP contribution in [-0.2, 0) is 5.41 Å². The normalized spacial score (nSPS) is 15.6. The van der Waals surface area contributed by atoms with Gasteiger partial charge in [0.2, 0.25) is 0 Å². The van der Waals surface area contributed by atoms with Gasteiger partial charge in [0.25, 0.3) is 0 Å². The molecule has 2 heterocycles. The zero-order valence-electron chi connectivity index (χ0n) is 48.0. The Balaban J connectivity index is 0.763. The second kappa shape index (κ2) is 19.6. The van der Waals surface area contributed by atoms with Crippen LogP contribution in [0, 0.1) is 0 Å². The van der Waals surface area contributed by atoms with Crippen molar-refractivity contribution in [3.8, 4) is 11.1 Å². The zero-order valence-corrected chi connectivity index (χ0v) is 48.0. The van der Waals surface area contributed by atoms with Crippen LogP contribution in [0.5, 0.6) is 0 Å². The Kier molecular flexibility index (Phi) is 11.1. The molecule has 4 nitrogen and oxygen atoms in total. The van der Waals surface area contributed by atoms with Gasteiger partial charge in [-0.3, -0.25) is 0 Å². The van der Waals surface area contributed by atoms with Crippen LogP contribution in [0.15, 0.2) is 314 Å². The summed E-state index contributed by atoms with van der Waals surface area (Å²) in [6.07, 6.45) is 18.1. The Bertz CT molecular complexity index is 4960. The first-order chi connectivity index (χ1) is 43.2. The van der Waals surface area contributed by atoms with Gasteiger partial charge in [-0.2, -0.15) is 0 Å². The summed E-state index contributed by atoms with van der Waals surface area (Å²) in [6, 6.07) is 99.7. The van der Waals surface area contributed by atoms with Crippen LogP contribution >= 0.6 is 0 Å². The van der Waals surface area contributed by atoms with E-state index in [1.807, 2.05) is 0 Å². The van der Waals surface area contributed by atoms with E-state index in [0.29, 0.717) is 0 Å². The third-order valence-corrected chi connectivity index (χ3v) is 19.2. The standard InChI is InChI=1S/C83H58N4/c1-5-23-57(24-6-1)83(58-25-7-2-8-26-58)70-53-55(44-48-63(70)64-50-47-61(54-71(64)83)86-75-37-15-13-35-73(75)84(59-27-9-3-10-28-59)74-36-14-16-38-76(74)86)43-45-56-46-49-67-66-33-22-34-69-72(52-51-68(82(66)69)65-32-21-31-62(56)81(65)67)87-79-41-19-17-39-77(79)85(60-29-11-4-12-30-60)78-40-18-20-42-80(78)87/h1-14,17-36,39-54H,15-16,37-38H2/b45-43+. The summed E-state index contributed by atoms with van der Waals surface area (Å²) < 4.78 is 0. The molecule has 0 bridgehead atoms. The number of fused-ring (bicyclic) bond motifs is 7. The topological polar surface area (TPSA) is 13.0 Å². The second-order valence-corrected chi connectivity index (χ2v) is 23.7. The van der Waals surface area contributed by atoms with Crippen LogP contribution in [0.2, 0.25) is 0 Å². The Morgan fingerprint density at radius 1 is 0.310 bits per heavy atom. The number of allylic oxidation sites excluding steroid dienone is 6. The van der Waals surface area contributed by atoms with Gasteiger partial charge in [0.1, 0.15) is 0 Å². The highest BCUT2D eigenvalue weighted by Gasteiger charge is 2.47. The van der Waals surface area contributed by atoms with E-state index in [9.17, 15) is 0 Å². The monoisotopic (exact) mass is 1110 g/mol. The van der Waals surface area contributed by atoms with Crippen molar-refractivity contribution in [2.24, 2.45) is 0 Å². The van der Waals surface area contributed by atoms with Gasteiger partial charge < -0.3 is 19.6 Å². The number of hydrogen-bond acceptors (Lipinski definition) is 4. The number of benzene rings is 13. The molecule has 13 aromatic rings. The molecule has 18 rings (SSSR count). The van der Waals surface area contributed by atoms with E-state index in [1.54, 1.807) is 0 Å². The number of nitrogens with zero attached hydrogens (tertiary/aromatic N) is 4. The molecule has 410 valence electrons. The highest BCUT2D eigenvalue weighted by atomic mass is 15.3. The van der Waals surface area contributed by atoms with Crippen LogP contribution in [0.3, 0.4) is 0 Å². The van der Waals surface area contributed by atoms with E-state index in [0.717, 1.165) is 54.1 Å². The van der Waals surface area contributed by atoms with E-state index in [-0.39, 0.29) is 0 Å². The molecular weight excluding hydrogens is 1050 g/mol. The minimum Gasteiger partial charge on any atom is -0.314 e. The lowest BCUT2D eigenvalue weighted by atomic mass is 9.67. The minimum absolute atomic E-state index is 0.593.